The Hall–Kier alpha value is -0.120. The molecule has 0 spiro atoms. The van der Waals surface area contributed by atoms with Crippen LogP contribution >= 0.6 is 0 Å². The quantitative estimate of drug-likeness (QED) is 0.765. The van der Waals surface area contributed by atoms with Crippen LogP contribution in [-0.2, 0) is 4.74 Å². The highest BCUT2D eigenvalue weighted by molar-refractivity contribution is 4.91. The molecule has 3 heteroatoms. The molecule has 0 aromatic carbocycles. The van der Waals surface area contributed by atoms with E-state index in [2.05, 4.69) is 16.7 Å². The number of piperazine rings is 1. The van der Waals surface area contributed by atoms with Crippen molar-refractivity contribution in [3.05, 3.63) is 0 Å². The van der Waals surface area contributed by atoms with Crippen LogP contribution in [0, 0.1) is 0 Å². The van der Waals surface area contributed by atoms with Crippen molar-refractivity contribution in [3.8, 4) is 0 Å². The van der Waals surface area contributed by atoms with Crippen LogP contribution < -0.4 is 0 Å². The van der Waals surface area contributed by atoms with E-state index in [0.717, 1.165) is 18.7 Å². The normalized spacial score (nSPS) is 38.8. The summed E-state index contributed by atoms with van der Waals surface area (Å²) in [6.45, 7) is 8.45. The molecule has 3 saturated heterocycles. The second-order valence-electron chi connectivity index (χ2n) is 6.30. The first-order chi connectivity index (χ1) is 8.86. The summed E-state index contributed by atoms with van der Waals surface area (Å²) in [5.41, 5.74) is 0. The summed E-state index contributed by atoms with van der Waals surface area (Å²) in [5.74, 6) is 0. The summed E-state index contributed by atoms with van der Waals surface area (Å²) in [6, 6.07) is 1.60. The van der Waals surface area contributed by atoms with Gasteiger partial charge in [-0.2, -0.15) is 0 Å². The Morgan fingerprint density at radius 1 is 1.11 bits per heavy atom. The second kappa shape index (κ2) is 5.89. The number of fused-ring (bicyclic) bond motifs is 1. The Morgan fingerprint density at radius 2 is 2.06 bits per heavy atom. The highest BCUT2D eigenvalue weighted by Crippen LogP contribution is 2.26. The van der Waals surface area contributed by atoms with Crippen LogP contribution in [0.15, 0.2) is 0 Å². The van der Waals surface area contributed by atoms with E-state index in [1.54, 1.807) is 0 Å². The number of nitrogens with zero attached hydrogens (tertiary/aromatic N) is 2. The predicted octanol–water partition coefficient (Wildman–Crippen LogP) is 2.11. The van der Waals surface area contributed by atoms with Gasteiger partial charge in [0.25, 0.3) is 0 Å². The zero-order valence-corrected chi connectivity index (χ0v) is 11.8. The molecule has 3 nitrogen and oxygen atoms in total. The lowest BCUT2D eigenvalue weighted by atomic mass is 9.95. The van der Waals surface area contributed by atoms with Crippen LogP contribution in [0.5, 0.6) is 0 Å². The smallest absolute Gasteiger partial charge is 0.0702 e. The van der Waals surface area contributed by atoms with Crippen LogP contribution in [0.2, 0.25) is 0 Å². The fourth-order valence-electron chi connectivity index (χ4n) is 3.97. The van der Waals surface area contributed by atoms with Crippen molar-refractivity contribution in [2.45, 2.75) is 63.6 Å². The number of rotatable bonds is 3. The van der Waals surface area contributed by atoms with Crippen molar-refractivity contribution < 1.29 is 4.74 Å². The number of hydrogen-bond acceptors (Lipinski definition) is 3. The lowest BCUT2D eigenvalue weighted by Gasteiger charge is -2.48. The molecular weight excluding hydrogens is 224 g/mol. The molecule has 0 radical (unpaired) electrons. The van der Waals surface area contributed by atoms with Crippen molar-refractivity contribution in [1.29, 1.82) is 0 Å². The molecule has 0 amide bonds. The van der Waals surface area contributed by atoms with E-state index in [1.165, 1.54) is 64.7 Å². The third-order valence-corrected chi connectivity index (χ3v) is 5.09. The molecule has 3 unspecified atom stereocenters. The van der Waals surface area contributed by atoms with Gasteiger partial charge in [-0.25, -0.2) is 0 Å². The molecule has 0 aromatic rings. The van der Waals surface area contributed by atoms with E-state index in [4.69, 9.17) is 4.74 Å². The maximum atomic E-state index is 5.83. The minimum absolute atomic E-state index is 0.522. The molecule has 3 aliphatic rings. The average Bonchev–Trinajstić information content (AvgIpc) is 2.91. The Kier molecular flexibility index (Phi) is 4.22. The van der Waals surface area contributed by atoms with Gasteiger partial charge in [-0.05, 0) is 38.6 Å². The molecule has 0 aromatic heterocycles. The summed E-state index contributed by atoms with van der Waals surface area (Å²) in [5, 5.41) is 0. The van der Waals surface area contributed by atoms with Crippen molar-refractivity contribution in [2.75, 3.05) is 32.8 Å². The third kappa shape index (κ3) is 2.73. The van der Waals surface area contributed by atoms with Crippen LogP contribution in [0.3, 0.4) is 0 Å². The summed E-state index contributed by atoms with van der Waals surface area (Å²) >= 11 is 0. The first-order valence-electron chi connectivity index (χ1n) is 7.96. The van der Waals surface area contributed by atoms with Crippen LogP contribution in [0.1, 0.15) is 45.4 Å². The molecule has 0 N–H and O–H groups in total. The molecule has 0 bridgehead atoms. The summed E-state index contributed by atoms with van der Waals surface area (Å²) in [6.07, 6.45) is 8.62. The van der Waals surface area contributed by atoms with Gasteiger partial charge in [-0.15, -0.1) is 0 Å². The van der Waals surface area contributed by atoms with Gasteiger partial charge < -0.3 is 4.74 Å². The average molecular weight is 252 g/mol. The standard InChI is InChI=1S/C15H28N2O/c1-2-13-10-16-8-4-3-6-14(16)11-17(13)12-15-7-5-9-18-15/h13-15H,2-12H2,1H3. The van der Waals surface area contributed by atoms with E-state index >= 15 is 0 Å². The van der Waals surface area contributed by atoms with E-state index in [1.807, 2.05) is 0 Å². The second-order valence-corrected chi connectivity index (χ2v) is 6.30. The van der Waals surface area contributed by atoms with Gasteiger partial charge in [0, 0.05) is 38.3 Å². The Balaban J connectivity index is 1.60. The molecule has 0 saturated carbocycles. The summed E-state index contributed by atoms with van der Waals surface area (Å²) < 4.78 is 5.83. The van der Waals surface area contributed by atoms with E-state index < -0.39 is 0 Å². The maximum Gasteiger partial charge on any atom is 0.0702 e. The molecule has 3 atom stereocenters. The van der Waals surface area contributed by atoms with Crippen LogP contribution in [0.25, 0.3) is 0 Å². The highest BCUT2D eigenvalue weighted by Gasteiger charge is 2.35. The number of piperidine rings is 1. The Morgan fingerprint density at radius 3 is 2.83 bits per heavy atom. The third-order valence-electron chi connectivity index (χ3n) is 5.09. The monoisotopic (exact) mass is 252 g/mol. The maximum absolute atomic E-state index is 5.83. The van der Waals surface area contributed by atoms with Gasteiger partial charge in [0.2, 0.25) is 0 Å². The van der Waals surface area contributed by atoms with Crippen LogP contribution in [0.4, 0.5) is 0 Å². The molecule has 3 heterocycles. The number of hydrogen-bond donors (Lipinski definition) is 0. The lowest BCUT2D eigenvalue weighted by Crippen LogP contribution is -2.60. The number of ether oxygens (including phenoxy) is 1. The molecule has 3 rings (SSSR count). The van der Waals surface area contributed by atoms with Gasteiger partial charge in [0.1, 0.15) is 0 Å². The molecule has 3 aliphatic heterocycles. The van der Waals surface area contributed by atoms with Gasteiger partial charge in [-0.3, -0.25) is 9.80 Å². The van der Waals surface area contributed by atoms with Crippen molar-refractivity contribution in [3.63, 3.8) is 0 Å². The van der Waals surface area contributed by atoms with Gasteiger partial charge in [-0.1, -0.05) is 13.3 Å². The minimum Gasteiger partial charge on any atom is -0.377 e. The first-order valence-corrected chi connectivity index (χ1v) is 7.96. The Bertz CT molecular complexity index is 265. The molecule has 18 heavy (non-hydrogen) atoms. The van der Waals surface area contributed by atoms with E-state index in [-0.39, 0.29) is 0 Å². The fraction of sp³-hybridized carbons (Fsp3) is 1.00. The Labute approximate surface area is 111 Å². The van der Waals surface area contributed by atoms with Crippen molar-refractivity contribution in [2.24, 2.45) is 0 Å². The topological polar surface area (TPSA) is 15.7 Å². The highest BCUT2D eigenvalue weighted by atomic mass is 16.5. The molecule has 3 fully saturated rings. The van der Waals surface area contributed by atoms with E-state index in [0.29, 0.717) is 6.10 Å². The zero-order valence-electron chi connectivity index (χ0n) is 11.8. The SMILES string of the molecule is CCC1CN2CCCCC2CN1CC1CCCO1. The van der Waals surface area contributed by atoms with Crippen molar-refractivity contribution in [1.82, 2.24) is 9.80 Å². The molecule has 0 aliphatic carbocycles. The molecular formula is C15H28N2O. The predicted molar refractivity (Wildman–Crippen MR) is 73.8 cm³/mol. The largest absolute Gasteiger partial charge is 0.377 e. The lowest BCUT2D eigenvalue weighted by molar-refractivity contribution is -0.0192. The van der Waals surface area contributed by atoms with E-state index in [9.17, 15) is 0 Å². The first kappa shape index (κ1) is 12.9. The minimum atomic E-state index is 0.522. The summed E-state index contributed by atoms with van der Waals surface area (Å²) in [7, 11) is 0. The van der Waals surface area contributed by atoms with Gasteiger partial charge in [0.05, 0.1) is 6.10 Å². The summed E-state index contributed by atoms with van der Waals surface area (Å²) in [4.78, 5) is 5.49. The van der Waals surface area contributed by atoms with Crippen molar-refractivity contribution >= 4 is 0 Å². The van der Waals surface area contributed by atoms with Crippen LogP contribution in [-0.4, -0.2) is 60.8 Å². The molecule has 104 valence electrons. The zero-order chi connectivity index (χ0) is 12.4. The van der Waals surface area contributed by atoms with Gasteiger partial charge >= 0.3 is 0 Å². The van der Waals surface area contributed by atoms with Gasteiger partial charge in [0.15, 0.2) is 0 Å². The fourth-order valence-corrected chi connectivity index (χ4v) is 3.97.